The van der Waals surface area contributed by atoms with Gasteiger partial charge in [-0.25, -0.2) is 0 Å². The number of likely N-dealkylation sites (N-methyl/N-ethyl adjacent to an activating group) is 1. The molecule has 4 rings (SSSR count). The second-order valence-electron chi connectivity index (χ2n) is 4.73. The topological polar surface area (TPSA) is 21.7 Å². The first kappa shape index (κ1) is 10.5. The van der Waals surface area contributed by atoms with Gasteiger partial charge in [-0.3, -0.25) is 4.90 Å². The van der Waals surface area contributed by atoms with Crippen molar-refractivity contribution in [3.05, 3.63) is 60.2 Å². The number of rotatable bonds is 0. The molecule has 0 aliphatic carbocycles. The first-order valence-electron chi connectivity index (χ1n) is 6.28. The maximum absolute atomic E-state index is 6.09. The highest BCUT2D eigenvalue weighted by molar-refractivity contribution is 5.68. The number of hydrogen-bond donors (Lipinski definition) is 0. The fourth-order valence-corrected chi connectivity index (χ4v) is 2.55. The Morgan fingerprint density at radius 2 is 1.58 bits per heavy atom. The first-order valence-corrected chi connectivity index (χ1v) is 6.28. The third-order valence-corrected chi connectivity index (χ3v) is 3.60. The van der Waals surface area contributed by atoms with Gasteiger partial charge < -0.3 is 9.47 Å². The lowest BCUT2D eigenvalue weighted by Gasteiger charge is -2.35. The molecule has 2 aliphatic heterocycles. The summed E-state index contributed by atoms with van der Waals surface area (Å²) in [5, 5.41) is 0. The average molecular weight is 251 g/mol. The molecule has 0 saturated carbocycles. The van der Waals surface area contributed by atoms with Crippen LogP contribution in [0, 0.1) is 0 Å². The van der Waals surface area contributed by atoms with E-state index in [9.17, 15) is 0 Å². The standard InChI is InChI=1S/C16H13NO2/c1-17-13-7-3-5-9-15(13)19-16(17)11-10-12-6-2-4-8-14(12)18-16/h2-11H,1H3. The van der Waals surface area contributed by atoms with Gasteiger partial charge in [-0.15, -0.1) is 0 Å². The van der Waals surface area contributed by atoms with Gasteiger partial charge in [0.05, 0.1) is 5.69 Å². The van der Waals surface area contributed by atoms with E-state index >= 15 is 0 Å². The van der Waals surface area contributed by atoms with Crippen LogP contribution >= 0.6 is 0 Å². The summed E-state index contributed by atoms with van der Waals surface area (Å²) in [6.07, 6.45) is 4.00. The van der Waals surface area contributed by atoms with Crippen molar-refractivity contribution in [1.82, 2.24) is 0 Å². The Bertz CT molecular complexity index is 680. The molecule has 2 aromatic rings. The minimum Gasteiger partial charge on any atom is -0.431 e. The Kier molecular flexibility index (Phi) is 1.96. The van der Waals surface area contributed by atoms with Crippen molar-refractivity contribution >= 4 is 11.8 Å². The van der Waals surface area contributed by atoms with E-state index in [0.717, 1.165) is 22.7 Å². The van der Waals surface area contributed by atoms with Crippen LogP contribution in [-0.4, -0.2) is 13.0 Å². The molecule has 2 aliphatic rings. The molecule has 0 aromatic heterocycles. The summed E-state index contributed by atoms with van der Waals surface area (Å²) in [5.41, 5.74) is 2.10. The summed E-state index contributed by atoms with van der Waals surface area (Å²) in [4.78, 5) is 2.01. The summed E-state index contributed by atoms with van der Waals surface area (Å²) in [5.74, 6) is 0.816. The predicted molar refractivity (Wildman–Crippen MR) is 74.3 cm³/mol. The lowest BCUT2D eigenvalue weighted by atomic mass is 10.1. The third-order valence-electron chi connectivity index (χ3n) is 3.60. The first-order chi connectivity index (χ1) is 9.28. The SMILES string of the molecule is CN1c2ccccc2OC12C=Cc1ccccc1O2. The molecule has 1 unspecified atom stereocenters. The van der Waals surface area contributed by atoms with Crippen molar-refractivity contribution in [3.8, 4) is 11.5 Å². The molecule has 0 saturated heterocycles. The van der Waals surface area contributed by atoms with Crippen LogP contribution < -0.4 is 14.4 Å². The number of benzene rings is 2. The van der Waals surface area contributed by atoms with Crippen molar-refractivity contribution in [2.75, 3.05) is 11.9 Å². The van der Waals surface area contributed by atoms with Crippen LogP contribution in [0.1, 0.15) is 5.56 Å². The minimum absolute atomic E-state index is 0.838. The van der Waals surface area contributed by atoms with Gasteiger partial charge in [-0.05, 0) is 24.3 Å². The highest BCUT2D eigenvalue weighted by Gasteiger charge is 2.46. The summed E-state index contributed by atoms with van der Waals surface area (Å²) in [6, 6.07) is 15.9. The number of fused-ring (bicyclic) bond motifs is 2. The number of hydrogen-bond acceptors (Lipinski definition) is 3. The number of ether oxygens (including phenoxy) is 2. The van der Waals surface area contributed by atoms with Crippen molar-refractivity contribution in [2.24, 2.45) is 0 Å². The van der Waals surface area contributed by atoms with Crippen molar-refractivity contribution in [2.45, 2.75) is 5.91 Å². The van der Waals surface area contributed by atoms with E-state index in [2.05, 4.69) is 0 Å². The Balaban J connectivity index is 1.80. The summed E-state index contributed by atoms with van der Waals surface area (Å²) < 4.78 is 12.1. The van der Waals surface area contributed by atoms with Crippen LogP contribution in [0.2, 0.25) is 0 Å². The maximum Gasteiger partial charge on any atom is 0.360 e. The van der Waals surface area contributed by atoms with E-state index in [1.165, 1.54) is 0 Å². The van der Waals surface area contributed by atoms with E-state index in [0.29, 0.717) is 0 Å². The van der Waals surface area contributed by atoms with Crippen LogP contribution in [0.3, 0.4) is 0 Å². The number of nitrogens with zero attached hydrogens (tertiary/aromatic N) is 1. The predicted octanol–water partition coefficient (Wildman–Crippen LogP) is 3.27. The number of anilines is 1. The smallest absolute Gasteiger partial charge is 0.360 e. The quantitative estimate of drug-likeness (QED) is 0.717. The molecule has 0 bridgehead atoms. The van der Waals surface area contributed by atoms with Gasteiger partial charge in [0.25, 0.3) is 0 Å². The molecule has 1 atom stereocenters. The molecule has 94 valence electrons. The highest BCUT2D eigenvalue weighted by atomic mass is 16.7. The van der Waals surface area contributed by atoms with E-state index in [-0.39, 0.29) is 0 Å². The zero-order valence-electron chi connectivity index (χ0n) is 10.5. The van der Waals surface area contributed by atoms with Gasteiger partial charge in [0.15, 0.2) is 0 Å². The fourth-order valence-electron chi connectivity index (χ4n) is 2.55. The Hall–Kier alpha value is -2.42. The molecule has 2 heterocycles. The van der Waals surface area contributed by atoms with E-state index < -0.39 is 5.91 Å². The monoisotopic (exact) mass is 251 g/mol. The molecule has 19 heavy (non-hydrogen) atoms. The Morgan fingerprint density at radius 1 is 0.895 bits per heavy atom. The van der Waals surface area contributed by atoms with Crippen LogP contribution in [-0.2, 0) is 0 Å². The van der Waals surface area contributed by atoms with Crippen molar-refractivity contribution in [1.29, 1.82) is 0 Å². The Morgan fingerprint density at radius 3 is 2.42 bits per heavy atom. The molecule has 1 spiro atoms. The van der Waals surface area contributed by atoms with Gasteiger partial charge in [0, 0.05) is 18.7 Å². The summed E-state index contributed by atoms with van der Waals surface area (Å²) in [6.45, 7) is 0. The van der Waals surface area contributed by atoms with Crippen LogP contribution in [0.15, 0.2) is 54.6 Å². The summed E-state index contributed by atoms with van der Waals surface area (Å²) in [7, 11) is 1.98. The Labute approximate surface area is 111 Å². The van der Waals surface area contributed by atoms with E-state index in [1.807, 2.05) is 72.6 Å². The average Bonchev–Trinajstić information content (AvgIpc) is 2.72. The van der Waals surface area contributed by atoms with Crippen LogP contribution in [0.4, 0.5) is 5.69 Å². The lowest BCUT2D eigenvalue weighted by molar-refractivity contribution is -0.0550. The molecule has 0 amide bonds. The third kappa shape index (κ3) is 1.38. The largest absolute Gasteiger partial charge is 0.431 e. The lowest BCUT2D eigenvalue weighted by Crippen LogP contribution is -2.52. The zero-order chi connectivity index (χ0) is 12.9. The van der Waals surface area contributed by atoms with Gasteiger partial charge in [-0.2, -0.15) is 0 Å². The molecule has 3 heteroatoms. The van der Waals surface area contributed by atoms with Gasteiger partial charge in [-0.1, -0.05) is 30.3 Å². The summed E-state index contributed by atoms with van der Waals surface area (Å²) >= 11 is 0. The van der Waals surface area contributed by atoms with Gasteiger partial charge in [0.1, 0.15) is 11.5 Å². The van der Waals surface area contributed by atoms with Gasteiger partial charge in [0.2, 0.25) is 0 Å². The van der Waals surface area contributed by atoms with Crippen molar-refractivity contribution in [3.63, 3.8) is 0 Å². The molecule has 2 aromatic carbocycles. The number of para-hydroxylation sites is 3. The van der Waals surface area contributed by atoms with Crippen LogP contribution in [0.25, 0.3) is 6.08 Å². The minimum atomic E-state index is -0.863. The second-order valence-corrected chi connectivity index (χ2v) is 4.73. The zero-order valence-corrected chi connectivity index (χ0v) is 10.5. The highest BCUT2D eigenvalue weighted by Crippen LogP contribution is 2.45. The van der Waals surface area contributed by atoms with E-state index in [1.54, 1.807) is 0 Å². The molecule has 0 N–H and O–H groups in total. The van der Waals surface area contributed by atoms with E-state index in [4.69, 9.17) is 9.47 Å². The maximum atomic E-state index is 6.09. The molecule has 0 fully saturated rings. The fraction of sp³-hybridized carbons (Fsp3) is 0.125. The van der Waals surface area contributed by atoms with Crippen LogP contribution in [0.5, 0.6) is 11.5 Å². The molecule has 0 radical (unpaired) electrons. The van der Waals surface area contributed by atoms with Gasteiger partial charge >= 0.3 is 5.91 Å². The molecular weight excluding hydrogens is 238 g/mol. The molecular formula is C16H13NO2. The van der Waals surface area contributed by atoms with Crippen molar-refractivity contribution < 1.29 is 9.47 Å². The normalized spacial score (nSPS) is 22.7. The molecule has 3 nitrogen and oxygen atoms in total. The second kappa shape index (κ2) is 3.54.